The number of carboxylic acids is 1. The van der Waals surface area contributed by atoms with Gasteiger partial charge in [-0.3, -0.25) is 0 Å². The average Bonchev–Trinajstić information content (AvgIpc) is 2.59. The first-order valence-corrected chi connectivity index (χ1v) is 5.28. The van der Waals surface area contributed by atoms with E-state index in [4.69, 9.17) is 5.11 Å². The molecule has 0 aliphatic heterocycles. The van der Waals surface area contributed by atoms with Gasteiger partial charge in [0.15, 0.2) is 0 Å². The number of imidazole rings is 1. The number of hydrogen-bond acceptors (Lipinski definition) is 2. The molecule has 16 heavy (non-hydrogen) atoms. The highest BCUT2D eigenvalue weighted by atomic mass is 16.4. The zero-order valence-corrected chi connectivity index (χ0v) is 9.32. The zero-order chi connectivity index (χ0) is 11.7. The van der Waals surface area contributed by atoms with Crippen molar-refractivity contribution < 1.29 is 9.90 Å². The average molecular weight is 218 g/mol. The zero-order valence-electron chi connectivity index (χ0n) is 9.32. The van der Waals surface area contributed by atoms with Gasteiger partial charge in [0.05, 0.1) is 11.0 Å². The van der Waals surface area contributed by atoms with Gasteiger partial charge in [-0.05, 0) is 30.0 Å². The van der Waals surface area contributed by atoms with Gasteiger partial charge in [0.25, 0.3) is 0 Å². The van der Waals surface area contributed by atoms with E-state index in [0.29, 0.717) is 11.4 Å². The van der Waals surface area contributed by atoms with Crippen molar-refractivity contribution in [3.05, 3.63) is 29.6 Å². The second kappa shape index (κ2) is 3.96. The van der Waals surface area contributed by atoms with Crippen molar-refractivity contribution in [2.45, 2.75) is 20.3 Å². The molecule has 2 rings (SSSR count). The van der Waals surface area contributed by atoms with Crippen LogP contribution >= 0.6 is 0 Å². The fourth-order valence-corrected chi connectivity index (χ4v) is 1.76. The van der Waals surface area contributed by atoms with Crippen molar-refractivity contribution in [2.75, 3.05) is 0 Å². The van der Waals surface area contributed by atoms with Crippen LogP contribution in [0.15, 0.2) is 18.2 Å². The van der Waals surface area contributed by atoms with Gasteiger partial charge in [0.1, 0.15) is 0 Å². The fourth-order valence-electron chi connectivity index (χ4n) is 1.76. The third-order valence-corrected chi connectivity index (χ3v) is 2.39. The number of rotatable bonds is 3. The highest BCUT2D eigenvalue weighted by Gasteiger charge is 2.09. The molecule has 0 spiro atoms. The first kappa shape index (κ1) is 10.7. The molecule has 4 nitrogen and oxygen atoms in total. The summed E-state index contributed by atoms with van der Waals surface area (Å²) in [6.45, 7) is 4.31. The molecule has 4 heteroatoms. The lowest BCUT2D eigenvalue weighted by atomic mass is 10.0. The minimum Gasteiger partial charge on any atom is -0.475 e. The van der Waals surface area contributed by atoms with E-state index in [0.717, 1.165) is 11.9 Å². The molecule has 1 aromatic heterocycles. The normalized spacial score (nSPS) is 11.2. The molecule has 84 valence electrons. The van der Waals surface area contributed by atoms with Crippen molar-refractivity contribution in [2.24, 2.45) is 5.92 Å². The summed E-state index contributed by atoms with van der Waals surface area (Å²) in [7, 11) is 0. The predicted molar refractivity (Wildman–Crippen MR) is 61.6 cm³/mol. The van der Waals surface area contributed by atoms with Crippen molar-refractivity contribution in [3.63, 3.8) is 0 Å². The van der Waals surface area contributed by atoms with Crippen LogP contribution in [-0.2, 0) is 6.42 Å². The number of aromatic nitrogens is 2. The fraction of sp³-hybridized carbons (Fsp3) is 0.333. The molecule has 2 aromatic rings. The lowest BCUT2D eigenvalue weighted by Crippen LogP contribution is -1.97. The largest absolute Gasteiger partial charge is 0.475 e. The number of nitrogens with one attached hydrogen (secondary N) is 1. The molecule has 0 saturated carbocycles. The Kier molecular flexibility index (Phi) is 2.64. The molecule has 0 aliphatic rings. The summed E-state index contributed by atoms with van der Waals surface area (Å²) >= 11 is 0. The third-order valence-electron chi connectivity index (χ3n) is 2.39. The van der Waals surface area contributed by atoms with Gasteiger partial charge < -0.3 is 10.1 Å². The number of aromatic amines is 1. The maximum absolute atomic E-state index is 10.7. The van der Waals surface area contributed by atoms with Crippen LogP contribution in [0.25, 0.3) is 11.0 Å². The van der Waals surface area contributed by atoms with Gasteiger partial charge in [0.2, 0.25) is 5.82 Å². The van der Waals surface area contributed by atoms with Crippen LogP contribution in [0.3, 0.4) is 0 Å². The highest BCUT2D eigenvalue weighted by molar-refractivity contribution is 5.89. The van der Waals surface area contributed by atoms with E-state index >= 15 is 0 Å². The van der Waals surface area contributed by atoms with Crippen molar-refractivity contribution in [3.8, 4) is 0 Å². The Labute approximate surface area is 93.3 Å². The van der Waals surface area contributed by atoms with Crippen molar-refractivity contribution in [1.29, 1.82) is 0 Å². The summed E-state index contributed by atoms with van der Waals surface area (Å²) < 4.78 is 0. The van der Waals surface area contributed by atoms with Gasteiger partial charge in [0, 0.05) is 0 Å². The number of benzene rings is 1. The second-order valence-electron chi connectivity index (χ2n) is 4.34. The van der Waals surface area contributed by atoms with E-state index < -0.39 is 5.97 Å². The van der Waals surface area contributed by atoms with E-state index in [1.807, 2.05) is 18.2 Å². The molecule has 0 saturated heterocycles. The first-order valence-electron chi connectivity index (χ1n) is 5.28. The number of aromatic carboxylic acids is 1. The Morgan fingerprint density at radius 1 is 1.50 bits per heavy atom. The maximum Gasteiger partial charge on any atom is 0.371 e. The Morgan fingerprint density at radius 3 is 2.88 bits per heavy atom. The predicted octanol–water partition coefficient (Wildman–Crippen LogP) is 2.46. The van der Waals surface area contributed by atoms with E-state index in [2.05, 4.69) is 23.8 Å². The standard InChI is InChI=1S/C12H14N2O2/c1-7(2)5-8-3-4-9-10(6-8)14-11(13-9)12(15)16/h3-4,6-7H,5H2,1-2H3,(H,13,14)(H,15,16). The van der Waals surface area contributed by atoms with Gasteiger partial charge in [-0.15, -0.1) is 0 Å². The van der Waals surface area contributed by atoms with E-state index in [-0.39, 0.29) is 5.82 Å². The smallest absolute Gasteiger partial charge is 0.371 e. The summed E-state index contributed by atoms with van der Waals surface area (Å²) in [5, 5.41) is 8.81. The quantitative estimate of drug-likeness (QED) is 0.831. The summed E-state index contributed by atoms with van der Waals surface area (Å²) in [5.74, 6) is -0.447. The van der Waals surface area contributed by atoms with Gasteiger partial charge >= 0.3 is 5.97 Å². The molecular formula is C12H14N2O2. The van der Waals surface area contributed by atoms with Gasteiger partial charge in [-0.25, -0.2) is 9.78 Å². The Balaban J connectivity index is 2.41. The number of H-pyrrole nitrogens is 1. The number of nitrogens with zero attached hydrogens (tertiary/aromatic N) is 1. The summed E-state index contributed by atoms with van der Waals surface area (Å²) in [6.07, 6.45) is 0.983. The van der Waals surface area contributed by atoms with E-state index in [9.17, 15) is 4.79 Å². The first-order chi connectivity index (χ1) is 7.56. The minimum absolute atomic E-state index is 0.00306. The Morgan fingerprint density at radius 2 is 2.25 bits per heavy atom. The molecular weight excluding hydrogens is 204 g/mol. The number of carbonyl (C=O) groups is 1. The molecule has 0 fully saturated rings. The van der Waals surface area contributed by atoms with Crippen LogP contribution in [0.5, 0.6) is 0 Å². The molecule has 0 amide bonds. The summed E-state index contributed by atoms with van der Waals surface area (Å²) in [5.41, 5.74) is 2.68. The van der Waals surface area contributed by atoms with Crippen LogP contribution in [0.2, 0.25) is 0 Å². The number of carboxylic acid groups (broad SMARTS) is 1. The van der Waals surface area contributed by atoms with E-state index in [1.165, 1.54) is 5.56 Å². The van der Waals surface area contributed by atoms with Crippen molar-refractivity contribution in [1.82, 2.24) is 9.97 Å². The lowest BCUT2D eigenvalue weighted by molar-refractivity contribution is 0.0685. The summed E-state index contributed by atoms with van der Waals surface area (Å²) in [6, 6.07) is 5.82. The molecule has 1 aromatic carbocycles. The molecule has 1 heterocycles. The maximum atomic E-state index is 10.7. The molecule has 2 N–H and O–H groups in total. The van der Waals surface area contributed by atoms with Crippen LogP contribution in [0.4, 0.5) is 0 Å². The monoisotopic (exact) mass is 218 g/mol. The number of hydrogen-bond donors (Lipinski definition) is 2. The molecule has 0 bridgehead atoms. The summed E-state index contributed by atoms with van der Waals surface area (Å²) in [4.78, 5) is 17.5. The number of fused-ring (bicyclic) bond motifs is 1. The Hall–Kier alpha value is -1.84. The minimum atomic E-state index is -1.03. The Bertz CT molecular complexity index is 529. The third kappa shape index (κ3) is 2.05. The second-order valence-corrected chi connectivity index (χ2v) is 4.34. The van der Waals surface area contributed by atoms with Crippen molar-refractivity contribution >= 4 is 17.0 Å². The van der Waals surface area contributed by atoms with Crippen LogP contribution < -0.4 is 0 Å². The molecule has 0 aliphatic carbocycles. The topological polar surface area (TPSA) is 66.0 Å². The van der Waals surface area contributed by atoms with Crippen LogP contribution in [-0.4, -0.2) is 21.0 Å². The molecule has 0 atom stereocenters. The molecule has 0 unspecified atom stereocenters. The van der Waals surface area contributed by atoms with E-state index in [1.54, 1.807) is 0 Å². The van der Waals surface area contributed by atoms with Crippen LogP contribution in [0, 0.1) is 5.92 Å². The van der Waals surface area contributed by atoms with Crippen LogP contribution in [0.1, 0.15) is 30.0 Å². The van der Waals surface area contributed by atoms with Gasteiger partial charge in [-0.2, -0.15) is 0 Å². The highest BCUT2D eigenvalue weighted by Crippen LogP contribution is 2.16. The van der Waals surface area contributed by atoms with Gasteiger partial charge in [-0.1, -0.05) is 19.9 Å². The SMILES string of the molecule is CC(C)Cc1ccc2nc(C(=O)O)[nH]c2c1. The molecule has 0 radical (unpaired) electrons. The lowest BCUT2D eigenvalue weighted by Gasteiger charge is -2.03.